The van der Waals surface area contributed by atoms with Gasteiger partial charge >= 0.3 is 5.97 Å². The average molecular weight is 462 g/mol. The van der Waals surface area contributed by atoms with E-state index in [-0.39, 0.29) is 6.42 Å². The maximum Gasteiger partial charge on any atom is 0.307 e. The van der Waals surface area contributed by atoms with E-state index < -0.39 is 5.97 Å². The van der Waals surface area contributed by atoms with Gasteiger partial charge in [-0.3, -0.25) is 4.79 Å². The van der Waals surface area contributed by atoms with E-state index in [1.54, 1.807) is 0 Å². The van der Waals surface area contributed by atoms with Gasteiger partial charge in [-0.1, -0.05) is 73.6 Å². The van der Waals surface area contributed by atoms with E-state index in [2.05, 4.69) is 28.6 Å². The van der Waals surface area contributed by atoms with Crippen LogP contribution < -0.4 is 5.73 Å². The number of nitrogens with zero attached hydrogens (tertiary/aromatic N) is 4. The molecule has 4 aromatic rings. The summed E-state index contributed by atoms with van der Waals surface area (Å²) in [5.41, 5.74) is 11.4. The van der Waals surface area contributed by atoms with Gasteiger partial charge in [0.1, 0.15) is 5.82 Å². The zero-order chi connectivity index (χ0) is 23.4. The summed E-state index contributed by atoms with van der Waals surface area (Å²) in [5.74, 6) is 0.532. The fourth-order valence-electron chi connectivity index (χ4n) is 3.92. The molecule has 0 aliphatic rings. The van der Waals surface area contributed by atoms with E-state index in [0.29, 0.717) is 23.0 Å². The molecule has 2 heterocycles. The molecular weight excluding hydrogens is 434 g/mol. The Balaban J connectivity index is 1.69. The third kappa shape index (κ3) is 5.01. The number of rotatable bonds is 9. The highest BCUT2D eigenvalue weighted by atomic mass is 32.2. The van der Waals surface area contributed by atoms with Gasteiger partial charge in [-0.15, -0.1) is 0 Å². The molecule has 0 amide bonds. The number of imidazole rings is 1. The third-order valence-electron chi connectivity index (χ3n) is 5.58. The van der Waals surface area contributed by atoms with Crippen LogP contribution in [0.25, 0.3) is 22.3 Å². The lowest BCUT2D eigenvalue weighted by atomic mass is 9.97. The van der Waals surface area contributed by atoms with Gasteiger partial charge in [-0.25, -0.2) is 15.0 Å². The number of nitrogen functional groups attached to an aromatic ring is 1. The van der Waals surface area contributed by atoms with Crippen LogP contribution in [0.2, 0.25) is 0 Å². The van der Waals surface area contributed by atoms with Gasteiger partial charge in [0, 0.05) is 6.42 Å². The molecule has 7 nitrogen and oxygen atoms in total. The number of anilines is 1. The fraction of sp³-hybridized carbons (Fsp3) is 0.280. The van der Waals surface area contributed by atoms with E-state index in [1.807, 2.05) is 42.7 Å². The molecule has 33 heavy (non-hydrogen) atoms. The topological polar surface area (TPSA) is 107 Å². The Morgan fingerprint density at radius 2 is 1.85 bits per heavy atom. The summed E-state index contributed by atoms with van der Waals surface area (Å²) in [4.78, 5) is 25.1. The lowest BCUT2D eigenvalue weighted by molar-refractivity contribution is -0.136. The smallest absolute Gasteiger partial charge is 0.307 e. The molecule has 0 aliphatic heterocycles. The van der Waals surface area contributed by atoms with Crippen LogP contribution in [0.1, 0.15) is 36.7 Å². The minimum atomic E-state index is -0.837. The van der Waals surface area contributed by atoms with Crippen LogP contribution in [0.4, 0.5) is 5.82 Å². The molecule has 0 radical (unpaired) electrons. The van der Waals surface area contributed by atoms with Crippen molar-refractivity contribution in [1.29, 1.82) is 0 Å². The Morgan fingerprint density at radius 1 is 1.09 bits per heavy atom. The monoisotopic (exact) mass is 461 g/mol. The van der Waals surface area contributed by atoms with E-state index in [1.165, 1.54) is 11.8 Å². The number of aliphatic carboxylic acids is 1. The maximum absolute atomic E-state index is 11.2. The number of nitrogens with two attached hydrogens (primary N) is 1. The molecule has 3 N–H and O–H groups in total. The van der Waals surface area contributed by atoms with Crippen LogP contribution in [0.3, 0.4) is 0 Å². The number of hydrogen-bond acceptors (Lipinski definition) is 6. The van der Waals surface area contributed by atoms with Gasteiger partial charge in [-0.05, 0) is 34.9 Å². The van der Waals surface area contributed by atoms with Crippen molar-refractivity contribution in [3.63, 3.8) is 0 Å². The molecular formula is C25H27N5O2S. The number of benzene rings is 2. The second kappa shape index (κ2) is 10.0. The summed E-state index contributed by atoms with van der Waals surface area (Å²) in [7, 11) is 0. The number of hydrogen-bond donors (Lipinski definition) is 2. The summed E-state index contributed by atoms with van der Waals surface area (Å²) in [6.07, 6.45) is 4.89. The average Bonchev–Trinajstić information content (AvgIpc) is 3.16. The molecule has 0 saturated carbocycles. The number of unbranched alkanes of at least 4 members (excludes halogenated alkanes) is 1. The maximum atomic E-state index is 11.2. The van der Waals surface area contributed by atoms with Crippen molar-refractivity contribution < 1.29 is 9.90 Å². The zero-order valence-electron chi connectivity index (χ0n) is 18.8. The van der Waals surface area contributed by atoms with Crippen LogP contribution in [0.5, 0.6) is 0 Å². The molecule has 8 heteroatoms. The highest BCUT2D eigenvalue weighted by Crippen LogP contribution is 2.27. The number of carbonyl (C=O) groups is 1. The largest absolute Gasteiger partial charge is 0.481 e. The first-order valence-electron chi connectivity index (χ1n) is 11.0. The summed E-state index contributed by atoms with van der Waals surface area (Å²) < 4.78 is 2.14. The van der Waals surface area contributed by atoms with E-state index in [9.17, 15) is 9.90 Å². The Kier molecular flexibility index (Phi) is 6.93. The van der Waals surface area contributed by atoms with Crippen molar-refractivity contribution in [2.75, 3.05) is 12.0 Å². The Labute approximate surface area is 197 Å². The van der Waals surface area contributed by atoms with Crippen molar-refractivity contribution in [2.24, 2.45) is 0 Å². The van der Waals surface area contributed by atoms with E-state index in [0.717, 1.165) is 53.0 Å². The van der Waals surface area contributed by atoms with Gasteiger partial charge in [0.05, 0.1) is 13.0 Å². The lowest BCUT2D eigenvalue weighted by Crippen LogP contribution is -2.07. The van der Waals surface area contributed by atoms with Crippen LogP contribution in [0, 0.1) is 0 Å². The fourth-order valence-corrected chi connectivity index (χ4v) is 4.29. The van der Waals surface area contributed by atoms with Gasteiger partial charge < -0.3 is 15.4 Å². The number of carboxylic acids is 1. The number of fused-ring (bicyclic) bond motifs is 1. The van der Waals surface area contributed by atoms with Gasteiger partial charge in [0.25, 0.3) is 0 Å². The summed E-state index contributed by atoms with van der Waals surface area (Å²) in [6.45, 7) is 2.78. The van der Waals surface area contributed by atoms with Gasteiger partial charge in [0.2, 0.25) is 0 Å². The number of carboxylic acid groups (broad SMARTS) is 1. The molecule has 4 rings (SSSR count). The molecule has 0 spiro atoms. The minimum Gasteiger partial charge on any atom is -0.481 e. The molecule has 0 atom stereocenters. The molecule has 0 bridgehead atoms. The molecule has 0 aliphatic carbocycles. The predicted octanol–water partition coefficient (Wildman–Crippen LogP) is 4.82. The number of aryl methyl sites for hydroxylation is 1. The summed E-state index contributed by atoms with van der Waals surface area (Å²) in [6, 6.07) is 15.8. The highest BCUT2D eigenvalue weighted by Gasteiger charge is 2.17. The summed E-state index contributed by atoms with van der Waals surface area (Å²) >= 11 is 1.46. The molecule has 2 aromatic heterocycles. The van der Waals surface area contributed by atoms with Crippen LogP contribution in [-0.4, -0.2) is 36.9 Å². The van der Waals surface area contributed by atoms with Crippen molar-refractivity contribution in [1.82, 2.24) is 19.5 Å². The normalized spacial score (nSPS) is 11.2. The van der Waals surface area contributed by atoms with Gasteiger partial charge in [0.15, 0.2) is 22.1 Å². The Hall–Kier alpha value is -3.39. The minimum absolute atomic E-state index is 0.00135. The number of aromatic nitrogens is 4. The van der Waals surface area contributed by atoms with Gasteiger partial charge in [-0.2, -0.15) is 0 Å². The first-order valence-corrected chi connectivity index (χ1v) is 12.2. The zero-order valence-corrected chi connectivity index (χ0v) is 19.6. The van der Waals surface area contributed by atoms with Crippen molar-refractivity contribution in [2.45, 2.75) is 44.3 Å². The Bertz CT molecular complexity index is 1280. The predicted molar refractivity (Wildman–Crippen MR) is 132 cm³/mol. The van der Waals surface area contributed by atoms with Crippen molar-refractivity contribution in [3.05, 3.63) is 65.5 Å². The van der Waals surface area contributed by atoms with Crippen LogP contribution in [0.15, 0.2) is 53.7 Å². The Morgan fingerprint density at radius 3 is 2.55 bits per heavy atom. The van der Waals surface area contributed by atoms with Crippen molar-refractivity contribution >= 4 is 34.7 Å². The molecule has 0 saturated heterocycles. The summed E-state index contributed by atoms with van der Waals surface area (Å²) in [5, 5.41) is 9.86. The second-order valence-electron chi connectivity index (χ2n) is 7.91. The first-order chi connectivity index (χ1) is 16.0. The van der Waals surface area contributed by atoms with Crippen LogP contribution in [-0.2, 0) is 24.2 Å². The SMILES string of the molecule is CCCCc1nc2c(N)nc(SC)nc2n1Cc1ccc(-c2ccccc2CC(=O)O)cc1. The molecule has 2 aromatic carbocycles. The van der Waals surface area contributed by atoms with E-state index >= 15 is 0 Å². The first kappa shape index (κ1) is 22.8. The second-order valence-corrected chi connectivity index (χ2v) is 8.68. The molecule has 170 valence electrons. The number of thioether (sulfide) groups is 1. The van der Waals surface area contributed by atoms with Crippen molar-refractivity contribution in [3.8, 4) is 11.1 Å². The molecule has 0 unspecified atom stereocenters. The lowest BCUT2D eigenvalue weighted by Gasteiger charge is -2.11. The standard InChI is InChI=1S/C25H27N5O2S/c1-3-4-9-20-27-22-23(26)28-25(33-2)29-24(22)30(20)15-16-10-12-17(13-11-16)19-8-6-5-7-18(19)14-21(31)32/h5-8,10-13H,3-4,9,14-15H2,1-2H3,(H,31,32)(H2,26,28,29). The third-order valence-corrected chi connectivity index (χ3v) is 6.13. The van der Waals surface area contributed by atoms with Crippen LogP contribution >= 0.6 is 11.8 Å². The van der Waals surface area contributed by atoms with E-state index in [4.69, 9.17) is 15.7 Å². The highest BCUT2D eigenvalue weighted by molar-refractivity contribution is 7.98. The quantitative estimate of drug-likeness (QED) is 0.272. The molecule has 0 fully saturated rings.